The summed E-state index contributed by atoms with van der Waals surface area (Å²) in [6.45, 7) is 6.56. The standard InChI is InChI=1S/C16H24ClNO2/c1-3-8-18-14-10-15(16(14)19-4-2)20-11-12-6-5-7-13(17)9-12/h5-7,9,14-16,18H,3-4,8,10-11H2,1-2H3. The Balaban J connectivity index is 1.80. The van der Waals surface area contributed by atoms with Crippen LogP contribution in [0.2, 0.25) is 5.02 Å². The number of hydrogen-bond donors (Lipinski definition) is 1. The molecule has 0 saturated heterocycles. The minimum atomic E-state index is 0.172. The highest BCUT2D eigenvalue weighted by atomic mass is 35.5. The lowest BCUT2D eigenvalue weighted by Gasteiger charge is -2.44. The molecular weight excluding hydrogens is 274 g/mol. The van der Waals surface area contributed by atoms with E-state index in [1.807, 2.05) is 31.2 Å². The molecule has 0 aromatic heterocycles. The van der Waals surface area contributed by atoms with Gasteiger partial charge >= 0.3 is 0 Å². The van der Waals surface area contributed by atoms with Crippen molar-refractivity contribution in [1.29, 1.82) is 0 Å². The summed E-state index contributed by atoms with van der Waals surface area (Å²) in [6, 6.07) is 8.24. The Kier molecular flexibility index (Phi) is 6.30. The Bertz CT molecular complexity index is 413. The second kappa shape index (κ2) is 7.99. The molecule has 1 aliphatic rings. The van der Waals surface area contributed by atoms with Crippen molar-refractivity contribution in [3.63, 3.8) is 0 Å². The molecule has 0 radical (unpaired) electrons. The smallest absolute Gasteiger partial charge is 0.0990 e. The van der Waals surface area contributed by atoms with E-state index in [0.717, 1.165) is 36.6 Å². The van der Waals surface area contributed by atoms with Gasteiger partial charge in [0, 0.05) is 17.7 Å². The maximum absolute atomic E-state index is 5.98. The second-order valence-electron chi connectivity index (χ2n) is 5.20. The molecule has 0 amide bonds. The van der Waals surface area contributed by atoms with Crippen molar-refractivity contribution in [1.82, 2.24) is 5.32 Å². The average molecular weight is 298 g/mol. The van der Waals surface area contributed by atoms with E-state index < -0.39 is 0 Å². The van der Waals surface area contributed by atoms with Gasteiger partial charge in [0.25, 0.3) is 0 Å². The molecule has 0 spiro atoms. The summed E-state index contributed by atoms with van der Waals surface area (Å²) in [4.78, 5) is 0. The molecule has 4 heteroatoms. The van der Waals surface area contributed by atoms with Crippen molar-refractivity contribution < 1.29 is 9.47 Å². The van der Waals surface area contributed by atoms with Crippen molar-refractivity contribution in [2.75, 3.05) is 13.2 Å². The molecule has 2 rings (SSSR count). The number of rotatable bonds is 8. The molecule has 20 heavy (non-hydrogen) atoms. The van der Waals surface area contributed by atoms with Crippen LogP contribution < -0.4 is 5.32 Å². The first-order valence-electron chi connectivity index (χ1n) is 7.45. The van der Waals surface area contributed by atoms with Gasteiger partial charge in [0.2, 0.25) is 0 Å². The fourth-order valence-electron chi connectivity index (χ4n) is 2.52. The van der Waals surface area contributed by atoms with Gasteiger partial charge < -0.3 is 14.8 Å². The predicted molar refractivity (Wildman–Crippen MR) is 82.1 cm³/mol. The normalized spacial score (nSPS) is 25.4. The van der Waals surface area contributed by atoms with Gasteiger partial charge in [-0.1, -0.05) is 30.7 Å². The van der Waals surface area contributed by atoms with Crippen molar-refractivity contribution in [3.05, 3.63) is 34.9 Å². The monoisotopic (exact) mass is 297 g/mol. The molecule has 3 unspecified atom stereocenters. The minimum absolute atomic E-state index is 0.172. The molecule has 0 bridgehead atoms. The summed E-state index contributed by atoms with van der Waals surface area (Å²) >= 11 is 5.98. The third-order valence-corrected chi connectivity index (χ3v) is 3.85. The number of benzene rings is 1. The SMILES string of the molecule is CCCNC1CC(OCc2cccc(Cl)c2)C1OCC. The van der Waals surface area contributed by atoms with Crippen molar-refractivity contribution >= 4 is 11.6 Å². The van der Waals surface area contributed by atoms with Crippen LogP contribution in [-0.4, -0.2) is 31.4 Å². The number of ether oxygens (including phenoxy) is 2. The molecule has 1 fully saturated rings. The Morgan fingerprint density at radius 1 is 1.30 bits per heavy atom. The molecule has 0 aliphatic heterocycles. The first kappa shape index (κ1) is 15.8. The lowest BCUT2D eigenvalue weighted by molar-refractivity contribution is -0.149. The molecule has 1 aromatic carbocycles. The average Bonchev–Trinajstić information content (AvgIpc) is 2.43. The maximum atomic E-state index is 5.98. The number of halogens is 1. The van der Waals surface area contributed by atoms with E-state index in [-0.39, 0.29) is 12.2 Å². The van der Waals surface area contributed by atoms with E-state index in [2.05, 4.69) is 12.2 Å². The lowest BCUT2D eigenvalue weighted by Crippen LogP contribution is -2.60. The van der Waals surface area contributed by atoms with Gasteiger partial charge in [-0.15, -0.1) is 0 Å². The fourth-order valence-corrected chi connectivity index (χ4v) is 2.73. The summed E-state index contributed by atoms with van der Waals surface area (Å²) in [5, 5.41) is 4.27. The highest BCUT2D eigenvalue weighted by molar-refractivity contribution is 6.30. The fraction of sp³-hybridized carbons (Fsp3) is 0.625. The van der Waals surface area contributed by atoms with E-state index >= 15 is 0 Å². The molecule has 3 nitrogen and oxygen atoms in total. The summed E-state index contributed by atoms with van der Waals surface area (Å²) < 4.78 is 11.8. The highest BCUT2D eigenvalue weighted by Crippen LogP contribution is 2.28. The summed E-state index contributed by atoms with van der Waals surface area (Å²) in [5.41, 5.74) is 1.11. The Morgan fingerprint density at radius 3 is 2.85 bits per heavy atom. The van der Waals surface area contributed by atoms with Gasteiger partial charge in [-0.2, -0.15) is 0 Å². The van der Waals surface area contributed by atoms with Crippen molar-refractivity contribution in [2.45, 2.75) is 51.5 Å². The van der Waals surface area contributed by atoms with Gasteiger partial charge in [0.05, 0.1) is 18.8 Å². The van der Waals surface area contributed by atoms with Gasteiger partial charge in [0.1, 0.15) is 0 Å². The summed E-state index contributed by atoms with van der Waals surface area (Å²) in [5.74, 6) is 0. The molecule has 112 valence electrons. The lowest BCUT2D eigenvalue weighted by atomic mass is 9.85. The van der Waals surface area contributed by atoms with Crippen molar-refractivity contribution in [3.8, 4) is 0 Å². The van der Waals surface area contributed by atoms with E-state index in [1.54, 1.807) is 0 Å². The Hall–Kier alpha value is -0.610. The van der Waals surface area contributed by atoms with Crippen molar-refractivity contribution in [2.24, 2.45) is 0 Å². The molecule has 1 aliphatic carbocycles. The quantitative estimate of drug-likeness (QED) is 0.798. The largest absolute Gasteiger partial charge is 0.374 e. The number of nitrogens with one attached hydrogen (secondary N) is 1. The van der Waals surface area contributed by atoms with Crippen LogP contribution >= 0.6 is 11.6 Å². The van der Waals surface area contributed by atoms with Crippen LogP contribution in [0.1, 0.15) is 32.3 Å². The van der Waals surface area contributed by atoms with E-state index in [1.165, 1.54) is 0 Å². The van der Waals surface area contributed by atoms with Crippen LogP contribution in [-0.2, 0) is 16.1 Å². The molecule has 1 N–H and O–H groups in total. The van der Waals surface area contributed by atoms with Gasteiger partial charge in [-0.3, -0.25) is 0 Å². The van der Waals surface area contributed by atoms with E-state index in [4.69, 9.17) is 21.1 Å². The zero-order valence-electron chi connectivity index (χ0n) is 12.3. The summed E-state index contributed by atoms with van der Waals surface area (Å²) in [6.07, 6.45) is 2.52. The van der Waals surface area contributed by atoms with Crippen LogP contribution in [0.5, 0.6) is 0 Å². The second-order valence-corrected chi connectivity index (χ2v) is 5.63. The molecular formula is C16H24ClNO2. The van der Waals surface area contributed by atoms with Gasteiger partial charge in [0.15, 0.2) is 0 Å². The minimum Gasteiger partial charge on any atom is -0.374 e. The van der Waals surface area contributed by atoms with E-state index in [9.17, 15) is 0 Å². The molecule has 1 aromatic rings. The highest BCUT2D eigenvalue weighted by Gasteiger charge is 2.42. The third-order valence-electron chi connectivity index (χ3n) is 3.62. The summed E-state index contributed by atoms with van der Waals surface area (Å²) in [7, 11) is 0. The van der Waals surface area contributed by atoms with Gasteiger partial charge in [-0.05, 0) is 44.0 Å². The van der Waals surface area contributed by atoms with E-state index in [0.29, 0.717) is 12.6 Å². The Morgan fingerprint density at radius 2 is 2.15 bits per heavy atom. The number of hydrogen-bond acceptors (Lipinski definition) is 3. The zero-order valence-corrected chi connectivity index (χ0v) is 13.0. The molecule has 0 heterocycles. The maximum Gasteiger partial charge on any atom is 0.0990 e. The van der Waals surface area contributed by atoms with Crippen LogP contribution in [0.3, 0.4) is 0 Å². The topological polar surface area (TPSA) is 30.5 Å². The first-order valence-corrected chi connectivity index (χ1v) is 7.83. The Labute approximate surface area is 126 Å². The van der Waals surface area contributed by atoms with Gasteiger partial charge in [-0.25, -0.2) is 0 Å². The van der Waals surface area contributed by atoms with Crippen LogP contribution in [0, 0.1) is 0 Å². The predicted octanol–water partition coefficient (Wildman–Crippen LogP) is 3.40. The third kappa shape index (κ3) is 4.19. The molecule has 3 atom stereocenters. The van der Waals surface area contributed by atoms with Crippen LogP contribution in [0.25, 0.3) is 0 Å². The zero-order chi connectivity index (χ0) is 14.4. The molecule has 1 saturated carbocycles. The first-order chi connectivity index (χ1) is 9.74. The van der Waals surface area contributed by atoms with Crippen LogP contribution in [0.4, 0.5) is 0 Å². The van der Waals surface area contributed by atoms with Crippen LogP contribution in [0.15, 0.2) is 24.3 Å².